The average molecular weight is 623 g/mol. The molecule has 1 saturated heterocycles. The zero-order valence-corrected chi connectivity index (χ0v) is 23.9. The number of hydrogen-bond acceptors (Lipinski definition) is 6. The molecule has 0 saturated carbocycles. The van der Waals surface area contributed by atoms with Crippen molar-refractivity contribution in [3.63, 3.8) is 0 Å². The number of hydrogen-bond donors (Lipinski definition) is 3. The molecule has 2 aliphatic rings. The van der Waals surface area contributed by atoms with Crippen molar-refractivity contribution in [3.8, 4) is 0 Å². The minimum atomic E-state index is -4.83. The van der Waals surface area contributed by atoms with Gasteiger partial charge < -0.3 is 25.4 Å². The molecule has 44 heavy (non-hydrogen) atoms. The van der Waals surface area contributed by atoms with E-state index in [1.165, 1.54) is 24.3 Å². The second-order valence-corrected chi connectivity index (χ2v) is 11.0. The molecule has 15 heteroatoms. The minimum Gasteiger partial charge on any atom is -0.465 e. The molecule has 236 valence electrons. The maximum atomic E-state index is 13.7. The summed E-state index contributed by atoms with van der Waals surface area (Å²) in [6.45, 7) is 2.51. The molecule has 5 amide bonds. The molecule has 1 aliphatic carbocycles. The van der Waals surface area contributed by atoms with Crippen LogP contribution in [0.15, 0.2) is 42.5 Å². The summed E-state index contributed by atoms with van der Waals surface area (Å²) in [5.74, 6) is -3.68. The van der Waals surface area contributed by atoms with Crippen molar-refractivity contribution in [2.75, 3.05) is 11.9 Å². The van der Waals surface area contributed by atoms with E-state index < -0.39 is 72.7 Å². The van der Waals surface area contributed by atoms with Gasteiger partial charge in [-0.15, -0.1) is 0 Å². The van der Waals surface area contributed by atoms with Crippen molar-refractivity contribution < 1.29 is 51.4 Å². The molecular formula is C29H30F4N4O7. The average Bonchev–Trinajstić information content (AvgIpc) is 3.41. The predicted molar refractivity (Wildman–Crippen MR) is 146 cm³/mol. The van der Waals surface area contributed by atoms with E-state index in [0.717, 1.165) is 19.1 Å². The molecule has 3 N–H and O–H groups in total. The Morgan fingerprint density at radius 3 is 2.34 bits per heavy atom. The summed E-state index contributed by atoms with van der Waals surface area (Å²) in [5.41, 5.74) is -0.482. The number of carboxylic acid groups (broad SMARTS) is 1. The number of aryl methyl sites for hydroxylation is 1. The van der Waals surface area contributed by atoms with Gasteiger partial charge in [-0.2, -0.15) is 13.2 Å². The Morgan fingerprint density at radius 2 is 1.75 bits per heavy atom. The van der Waals surface area contributed by atoms with Gasteiger partial charge in [0.25, 0.3) is 5.91 Å². The third kappa shape index (κ3) is 6.45. The van der Waals surface area contributed by atoms with Crippen LogP contribution in [0.3, 0.4) is 0 Å². The first-order valence-corrected chi connectivity index (χ1v) is 13.6. The number of nitrogens with zero attached hydrogens (tertiary/aromatic N) is 2. The lowest BCUT2D eigenvalue weighted by molar-refractivity contribution is -0.187. The number of carbonyl (C=O) groups is 5. The van der Waals surface area contributed by atoms with E-state index in [9.17, 15) is 41.5 Å². The summed E-state index contributed by atoms with van der Waals surface area (Å²) < 4.78 is 59.8. The maximum absolute atomic E-state index is 13.7. The third-order valence-corrected chi connectivity index (χ3v) is 7.68. The lowest BCUT2D eigenvalue weighted by atomic mass is 9.94. The molecule has 2 aromatic carbocycles. The molecule has 0 radical (unpaired) electrons. The molecule has 3 atom stereocenters. The molecule has 0 bridgehead atoms. The van der Waals surface area contributed by atoms with Crippen LogP contribution in [0, 0.1) is 11.7 Å². The van der Waals surface area contributed by atoms with E-state index in [4.69, 9.17) is 9.84 Å². The molecule has 1 heterocycles. The fraction of sp³-hybridized carbons (Fsp3) is 0.414. The Kier molecular flexibility index (Phi) is 8.88. The zero-order valence-electron chi connectivity index (χ0n) is 23.9. The summed E-state index contributed by atoms with van der Waals surface area (Å²) in [6.07, 6.45) is -7.19. The number of fused-ring (bicyclic) bond motifs is 2. The first kappa shape index (κ1) is 32.2. The molecular weight excluding hydrogens is 592 g/mol. The number of amides is 5. The Morgan fingerprint density at radius 1 is 1.09 bits per heavy atom. The van der Waals surface area contributed by atoms with Gasteiger partial charge in [-0.05, 0) is 54.7 Å². The zero-order chi connectivity index (χ0) is 32.6. The number of nitrogens with one attached hydrogen (secondary N) is 2. The van der Waals surface area contributed by atoms with Gasteiger partial charge in [0.2, 0.25) is 17.4 Å². The first-order chi connectivity index (χ1) is 20.5. The van der Waals surface area contributed by atoms with Crippen LogP contribution in [0.5, 0.6) is 0 Å². The van der Waals surface area contributed by atoms with Gasteiger partial charge in [0, 0.05) is 24.2 Å². The van der Waals surface area contributed by atoms with Crippen LogP contribution in [0.2, 0.25) is 0 Å². The third-order valence-electron chi connectivity index (χ3n) is 7.68. The molecule has 1 spiro atoms. The summed E-state index contributed by atoms with van der Waals surface area (Å²) in [7, 11) is 0. The number of carbonyl (C=O) groups excluding carboxylic acids is 4. The normalized spacial score (nSPS) is 19.0. The first-order valence-electron chi connectivity index (χ1n) is 13.6. The van der Waals surface area contributed by atoms with Gasteiger partial charge in [0.1, 0.15) is 24.4 Å². The highest BCUT2D eigenvalue weighted by Gasteiger charge is 2.58. The van der Waals surface area contributed by atoms with E-state index in [0.29, 0.717) is 26.6 Å². The molecule has 1 aliphatic heterocycles. The summed E-state index contributed by atoms with van der Waals surface area (Å²) in [4.78, 5) is 64.3. The van der Waals surface area contributed by atoms with Crippen molar-refractivity contribution in [1.29, 1.82) is 0 Å². The van der Waals surface area contributed by atoms with E-state index in [1.54, 1.807) is 19.9 Å². The molecule has 1 fully saturated rings. The summed E-state index contributed by atoms with van der Waals surface area (Å²) in [5, 5.41) is 13.8. The Hall–Kier alpha value is -4.69. The molecule has 11 nitrogen and oxygen atoms in total. The SMILES string of the molecule is CC(C)C(NC(=O)O)C(=O)Nc1ccc2c(c1)CCC21OC(=O)N(CC(=O)N(Cc2ccc(F)cc2)C(C)C(F)(F)F)C1=O. The number of rotatable bonds is 9. The predicted octanol–water partition coefficient (Wildman–Crippen LogP) is 4.16. The Bertz CT molecular complexity index is 1480. The van der Waals surface area contributed by atoms with Crippen molar-refractivity contribution >= 4 is 35.6 Å². The van der Waals surface area contributed by atoms with Crippen LogP contribution >= 0.6 is 0 Å². The van der Waals surface area contributed by atoms with Crippen LogP contribution in [-0.4, -0.2) is 69.6 Å². The largest absolute Gasteiger partial charge is 0.465 e. The smallest absolute Gasteiger partial charge is 0.418 e. The van der Waals surface area contributed by atoms with Gasteiger partial charge in [-0.25, -0.2) is 18.9 Å². The highest BCUT2D eigenvalue weighted by Crippen LogP contribution is 2.46. The quantitative estimate of drug-likeness (QED) is 0.356. The topological polar surface area (TPSA) is 145 Å². The summed E-state index contributed by atoms with van der Waals surface area (Å²) >= 11 is 0. The highest BCUT2D eigenvalue weighted by molar-refractivity contribution is 6.06. The van der Waals surface area contributed by atoms with Gasteiger partial charge >= 0.3 is 18.4 Å². The Balaban J connectivity index is 1.53. The standard InChI is InChI=1S/C29H30F4N4O7/c1-15(2)23(35-26(41)42)24(39)34-20-8-9-21-18(12-20)10-11-28(21)25(40)37(27(43)44-28)14-22(38)36(16(3)29(31,32)33)13-17-4-6-19(30)7-5-17/h4-9,12,15-16,23,35H,10-11,13-14H2,1-3H3,(H,34,39)(H,41,42). The van der Waals surface area contributed by atoms with Crippen molar-refractivity contribution in [3.05, 3.63) is 65.0 Å². The van der Waals surface area contributed by atoms with Gasteiger partial charge in [0.15, 0.2) is 0 Å². The number of ether oxygens (including phenoxy) is 1. The van der Waals surface area contributed by atoms with E-state index in [2.05, 4.69) is 10.6 Å². The number of imide groups is 1. The molecule has 2 aromatic rings. The number of anilines is 1. The molecule has 0 aromatic heterocycles. The fourth-order valence-corrected chi connectivity index (χ4v) is 5.25. The van der Waals surface area contributed by atoms with Crippen molar-refractivity contribution in [2.24, 2.45) is 5.92 Å². The van der Waals surface area contributed by atoms with Gasteiger partial charge in [0.05, 0.1) is 0 Å². The second kappa shape index (κ2) is 12.1. The molecule has 3 unspecified atom stereocenters. The Labute approximate surface area is 249 Å². The fourth-order valence-electron chi connectivity index (χ4n) is 5.25. The van der Waals surface area contributed by atoms with Crippen LogP contribution in [0.25, 0.3) is 0 Å². The van der Waals surface area contributed by atoms with E-state index >= 15 is 0 Å². The number of benzene rings is 2. The van der Waals surface area contributed by atoms with Gasteiger partial charge in [-0.3, -0.25) is 14.4 Å². The van der Waals surface area contributed by atoms with E-state index in [1.807, 2.05) is 0 Å². The monoisotopic (exact) mass is 622 g/mol. The van der Waals surface area contributed by atoms with Crippen LogP contribution in [0.4, 0.5) is 32.8 Å². The number of alkyl halides is 3. The lowest BCUT2D eigenvalue weighted by Gasteiger charge is -2.31. The van der Waals surface area contributed by atoms with Crippen molar-refractivity contribution in [2.45, 2.75) is 64.0 Å². The van der Waals surface area contributed by atoms with Gasteiger partial charge in [-0.1, -0.05) is 32.0 Å². The maximum Gasteiger partial charge on any atom is 0.418 e. The lowest BCUT2D eigenvalue weighted by Crippen LogP contribution is -2.51. The minimum absolute atomic E-state index is 0.0115. The summed E-state index contributed by atoms with van der Waals surface area (Å²) in [6, 6.07) is 5.62. The van der Waals surface area contributed by atoms with Crippen LogP contribution in [-0.2, 0) is 37.7 Å². The molecule has 4 rings (SSSR count). The van der Waals surface area contributed by atoms with Crippen molar-refractivity contribution in [1.82, 2.24) is 15.1 Å². The highest BCUT2D eigenvalue weighted by atomic mass is 19.4. The number of halogens is 4. The van der Waals surface area contributed by atoms with E-state index in [-0.39, 0.29) is 24.3 Å². The second-order valence-electron chi connectivity index (χ2n) is 11.0. The van der Waals surface area contributed by atoms with Crippen LogP contribution < -0.4 is 10.6 Å². The van der Waals surface area contributed by atoms with Crippen LogP contribution in [0.1, 0.15) is 43.9 Å².